The van der Waals surface area contributed by atoms with Gasteiger partial charge in [0.05, 0.1) is 13.2 Å². The maximum Gasteiger partial charge on any atom is 0.126 e. The molecule has 2 heteroatoms. The van der Waals surface area contributed by atoms with E-state index in [1.54, 1.807) is 7.11 Å². The lowest BCUT2D eigenvalue weighted by Gasteiger charge is -2.49. The van der Waals surface area contributed by atoms with Gasteiger partial charge in [0.2, 0.25) is 0 Å². The van der Waals surface area contributed by atoms with Gasteiger partial charge < -0.3 is 9.84 Å². The van der Waals surface area contributed by atoms with Crippen LogP contribution >= 0.6 is 0 Å². The van der Waals surface area contributed by atoms with Crippen molar-refractivity contribution >= 4 is 0 Å². The first-order valence-electron chi connectivity index (χ1n) is 12.2. The van der Waals surface area contributed by atoms with Crippen LogP contribution in [0, 0.1) is 22.7 Å². The minimum Gasteiger partial charge on any atom is -0.496 e. The van der Waals surface area contributed by atoms with Gasteiger partial charge >= 0.3 is 0 Å². The van der Waals surface area contributed by atoms with Gasteiger partial charge in [-0.2, -0.15) is 0 Å². The van der Waals surface area contributed by atoms with E-state index in [-0.39, 0.29) is 39.6 Å². The van der Waals surface area contributed by atoms with Gasteiger partial charge in [0.15, 0.2) is 0 Å². The lowest BCUT2D eigenvalue weighted by atomic mass is 9.57. The van der Waals surface area contributed by atoms with Gasteiger partial charge in [0.25, 0.3) is 0 Å². The second kappa shape index (κ2) is 8.40. The molecule has 0 bridgehead atoms. The summed E-state index contributed by atoms with van der Waals surface area (Å²) < 4.78 is 6.10. The van der Waals surface area contributed by atoms with Crippen molar-refractivity contribution in [1.29, 1.82) is 0 Å². The Hall–Kier alpha value is -1.02. The van der Waals surface area contributed by atoms with Crippen LogP contribution in [0.25, 0.3) is 0 Å². The monoisotopic (exact) mass is 430 g/mol. The van der Waals surface area contributed by atoms with Crippen molar-refractivity contribution < 1.29 is 9.84 Å². The highest BCUT2D eigenvalue weighted by Gasteiger charge is 2.46. The summed E-state index contributed by atoms with van der Waals surface area (Å²) in [7, 11) is 1.79. The van der Waals surface area contributed by atoms with Crippen LogP contribution < -0.4 is 4.74 Å². The smallest absolute Gasteiger partial charge is 0.126 e. The number of aliphatic hydroxyl groups is 1. The van der Waals surface area contributed by atoms with Gasteiger partial charge in [-0.3, -0.25) is 0 Å². The standard InChI is InChI=1S/C29H50O2/c1-26(2,3)18-14-20(24(30)22(16-18)28(7,8)9)21-15-19(27(4,5)6)17-23(25(21)31-13)29(10,11)12/h15,17-18,20,22,24,30H,14,16H2,1-13H3. The zero-order valence-electron chi connectivity index (χ0n) is 22.7. The molecule has 1 aromatic rings. The highest BCUT2D eigenvalue weighted by Crippen LogP contribution is 2.53. The molecule has 2 rings (SSSR count). The van der Waals surface area contributed by atoms with Gasteiger partial charge in [-0.15, -0.1) is 0 Å². The van der Waals surface area contributed by atoms with Crippen molar-refractivity contribution in [1.82, 2.24) is 0 Å². The van der Waals surface area contributed by atoms with Crippen LogP contribution in [0.1, 0.15) is 119 Å². The first-order chi connectivity index (χ1) is 13.8. The fraction of sp³-hybridized carbons (Fsp3) is 0.793. The maximum absolute atomic E-state index is 11.8. The van der Waals surface area contributed by atoms with E-state index in [0.717, 1.165) is 18.6 Å². The minimum absolute atomic E-state index is 0.0339. The van der Waals surface area contributed by atoms with Gasteiger partial charge in [-0.25, -0.2) is 0 Å². The van der Waals surface area contributed by atoms with Crippen LogP contribution in [0.15, 0.2) is 12.1 Å². The molecule has 31 heavy (non-hydrogen) atoms. The Morgan fingerprint density at radius 1 is 0.774 bits per heavy atom. The van der Waals surface area contributed by atoms with Crippen molar-refractivity contribution in [3.63, 3.8) is 0 Å². The zero-order valence-corrected chi connectivity index (χ0v) is 22.7. The van der Waals surface area contributed by atoms with Gasteiger partial charge in [-0.05, 0) is 51.9 Å². The normalized spacial score (nSPS) is 26.1. The molecule has 1 aliphatic rings. The van der Waals surface area contributed by atoms with Crippen LogP contribution in [-0.2, 0) is 10.8 Å². The minimum atomic E-state index is -0.365. The summed E-state index contributed by atoms with van der Waals surface area (Å²) in [6, 6.07) is 4.67. The molecule has 2 nitrogen and oxygen atoms in total. The number of aliphatic hydroxyl groups excluding tert-OH is 1. The molecule has 0 heterocycles. The Morgan fingerprint density at radius 3 is 1.71 bits per heavy atom. The van der Waals surface area contributed by atoms with E-state index in [0.29, 0.717) is 5.92 Å². The van der Waals surface area contributed by atoms with Crippen LogP contribution in [-0.4, -0.2) is 18.3 Å². The largest absolute Gasteiger partial charge is 0.496 e. The molecule has 0 radical (unpaired) electrons. The third-order valence-corrected chi connectivity index (χ3v) is 7.63. The number of benzene rings is 1. The molecule has 0 aliphatic heterocycles. The van der Waals surface area contributed by atoms with Crippen LogP contribution in [0.5, 0.6) is 5.75 Å². The molecular weight excluding hydrogens is 380 g/mol. The molecule has 0 aromatic heterocycles. The average Bonchev–Trinajstić information content (AvgIpc) is 2.57. The van der Waals surface area contributed by atoms with E-state index >= 15 is 0 Å². The summed E-state index contributed by atoms with van der Waals surface area (Å²) >= 11 is 0. The fourth-order valence-corrected chi connectivity index (χ4v) is 5.30. The topological polar surface area (TPSA) is 29.5 Å². The molecule has 0 spiro atoms. The highest BCUT2D eigenvalue weighted by atomic mass is 16.5. The molecule has 1 saturated carbocycles. The SMILES string of the molecule is COc1c(C2CC(C(C)(C)C)CC(C(C)(C)C)C2O)cc(C(C)(C)C)cc1C(C)(C)C. The predicted octanol–water partition coefficient (Wildman–Crippen LogP) is 7.85. The highest BCUT2D eigenvalue weighted by molar-refractivity contribution is 5.51. The van der Waals surface area contributed by atoms with Crippen LogP contribution in [0.4, 0.5) is 0 Å². The third-order valence-electron chi connectivity index (χ3n) is 7.63. The summed E-state index contributed by atoms with van der Waals surface area (Å²) in [5.74, 6) is 1.88. The molecule has 4 unspecified atom stereocenters. The van der Waals surface area contributed by atoms with E-state index in [4.69, 9.17) is 4.74 Å². The maximum atomic E-state index is 11.8. The summed E-state index contributed by atoms with van der Waals surface area (Å²) in [6.07, 6.45) is 1.72. The third kappa shape index (κ3) is 5.67. The van der Waals surface area contributed by atoms with Crippen molar-refractivity contribution in [2.24, 2.45) is 22.7 Å². The summed E-state index contributed by atoms with van der Waals surface area (Å²) in [4.78, 5) is 0. The summed E-state index contributed by atoms with van der Waals surface area (Å²) in [5.41, 5.74) is 4.05. The van der Waals surface area contributed by atoms with Crippen molar-refractivity contribution in [2.75, 3.05) is 7.11 Å². The predicted molar refractivity (Wildman–Crippen MR) is 134 cm³/mol. The Morgan fingerprint density at radius 2 is 1.32 bits per heavy atom. The second-order valence-electron chi connectivity index (χ2n) is 14.3. The Labute approximate surface area is 193 Å². The van der Waals surface area contributed by atoms with Crippen molar-refractivity contribution in [3.8, 4) is 5.75 Å². The van der Waals surface area contributed by atoms with E-state index in [9.17, 15) is 5.11 Å². The number of rotatable bonds is 2. The first kappa shape index (κ1) is 26.2. The molecule has 178 valence electrons. The fourth-order valence-electron chi connectivity index (χ4n) is 5.30. The Bertz CT molecular complexity index is 762. The molecule has 4 atom stereocenters. The Balaban J connectivity index is 2.78. The number of hydrogen-bond donors (Lipinski definition) is 1. The number of hydrogen-bond acceptors (Lipinski definition) is 2. The van der Waals surface area contributed by atoms with Gasteiger partial charge in [-0.1, -0.05) is 95.2 Å². The number of ether oxygens (including phenoxy) is 1. The second-order valence-corrected chi connectivity index (χ2v) is 14.3. The molecular formula is C29H50O2. The van der Waals surface area contributed by atoms with E-state index in [1.807, 2.05) is 0 Å². The quantitative estimate of drug-likeness (QED) is 0.517. The molecule has 0 saturated heterocycles. The van der Waals surface area contributed by atoms with Crippen LogP contribution in [0.3, 0.4) is 0 Å². The van der Waals surface area contributed by atoms with Crippen molar-refractivity contribution in [2.45, 2.75) is 119 Å². The average molecular weight is 431 g/mol. The van der Waals surface area contributed by atoms with E-state index < -0.39 is 0 Å². The molecule has 1 fully saturated rings. The van der Waals surface area contributed by atoms with Crippen molar-refractivity contribution in [3.05, 3.63) is 28.8 Å². The van der Waals surface area contributed by atoms with Gasteiger partial charge in [0, 0.05) is 17.0 Å². The summed E-state index contributed by atoms with van der Waals surface area (Å²) in [6.45, 7) is 27.5. The zero-order chi connectivity index (χ0) is 24.2. The molecule has 1 aliphatic carbocycles. The lowest BCUT2D eigenvalue weighted by molar-refractivity contribution is -0.0447. The number of methoxy groups -OCH3 is 1. The van der Waals surface area contributed by atoms with E-state index in [2.05, 4.69) is 95.2 Å². The molecule has 1 aromatic carbocycles. The Kier molecular flexibility index (Phi) is 7.11. The van der Waals surface area contributed by atoms with E-state index in [1.165, 1.54) is 16.7 Å². The molecule has 0 amide bonds. The molecule has 1 N–H and O–H groups in total. The first-order valence-corrected chi connectivity index (χ1v) is 12.2. The van der Waals surface area contributed by atoms with Gasteiger partial charge in [0.1, 0.15) is 5.75 Å². The lowest BCUT2D eigenvalue weighted by Crippen LogP contribution is -2.45. The summed E-state index contributed by atoms with van der Waals surface area (Å²) in [5, 5.41) is 11.8. The van der Waals surface area contributed by atoms with Crippen LogP contribution in [0.2, 0.25) is 0 Å².